The third-order valence-electron chi connectivity index (χ3n) is 1.81. The number of alkyl halides is 3. The van der Waals surface area contributed by atoms with Gasteiger partial charge in [0.2, 0.25) is 0 Å². The lowest BCUT2D eigenvalue weighted by atomic mass is 10.1. The van der Waals surface area contributed by atoms with Crippen molar-refractivity contribution >= 4 is 25.7 Å². The molecule has 0 amide bonds. The van der Waals surface area contributed by atoms with Crippen molar-refractivity contribution < 1.29 is 31.5 Å². The quantitative estimate of drug-likeness (QED) is 0.848. The molecule has 9 heteroatoms. The largest absolute Gasteiger partial charge is 0.478 e. The molecule has 17 heavy (non-hydrogen) atoms. The SMILES string of the molecule is O=C(O)c1ccc(S(=O)(=O)Cl)cc1C(F)(F)F. The molecule has 94 valence electrons. The highest BCUT2D eigenvalue weighted by atomic mass is 35.7. The molecule has 0 radical (unpaired) electrons. The van der Waals surface area contributed by atoms with E-state index in [1.54, 1.807) is 0 Å². The summed E-state index contributed by atoms with van der Waals surface area (Å²) in [6, 6.07) is 1.42. The normalized spacial score (nSPS) is 12.5. The predicted molar refractivity (Wildman–Crippen MR) is 51.4 cm³/mol. The van der Waals surface area contributed by atoms with Crippen molar-refractivity contribution in [2.45, 2.75) is 11.1 Å². The number of carboxylic acids is 1. The Balaban J connectivity index is 3.57. The first-order valence-electron chi connectivity index (χ1n) is 3.92. The summed E-state index contributed by atoms with van der Waals surface area (Å²) in [5.41, 5.74) is -2.60. The third-order valence-corrected chi connectivity index (χ3v) is 3.16. The molecule has 0 aliphatic carbocycles. The molecule has 1 aromatic carbocycles. The number of hydrogen-bond acceptors (Lipinski definition) is 3. The van der Waals surface area contributed by atoms with E-state index in [1.807, 2.05) is 0 Å². The second-order valence-corrected chi connectivity index (χ2v) is 5.51. The minimum Gasteiger partial charge on any atom is -0.478 e. The Hall–Kier alpha value is -1.28. The van der Waals surface area contributed by atoms with Crippen LogP contribution in [0.15, 0.2) is 23.1 Å². The van der Waals surface area contributed by atoms with Gasteiger partial charge in [0.05, 0.1) is 16.0 Å². The number of halogens is 4. The van der Waals surface area contributed by atoms with Crippen molar-refractivity contribution in [3.05, 3.63) is 29.3 Å². The Morgan fingerprint density at radius 1 is 1.29 bits per heavy atom. The molecule has 1 aromatic rings. The lowest BCUT2D eigenvalue weighted by Crippen LogP contribution is -2.13. The van der Waals surface area contributed by atoms with Crippen LogP contribution in [0.3, 0.4) is 0 Å². The summed E-state index contributed by atoms with van der Waals surface area (Å²) in [6.45, 7) is 0. The van der Waals surface area contributed by atoms with Crippen molar-refractivity contribution in [3.63, 3.8) is 0 Å². The summed E-state index contributed by atoms with van der Waals surface area (Å²) in [5.74, 6) is -1.81. The molecule has 1 rings (SSSR count). The van der Waals surface area contributed by atoms with Crippen molar-refractivity contribution in [1.82, 2.24) is 0 Å². The van der Waals surface area contributed by atoms with Gasteiger partial charge >= 0.3 is 12.1 Å². The van der Waals surface area contributed by atoms with E-state index >= 15 is 0 Å². The Labute approximate surface area is 98.0 Å². The van der Waals surface area contributed by atoms with Crippen LogP contribution in [0.1, 0.15) is 15.9 Å². The van der Waals surface area contributed by atoms with Crippen LogP contribution >= 0.6 is 10.7 Å². The zero-order chi connectivity index (χ0) is 13.4. The molecular formula is C8H4ClF3O4S. The van der Waals surface area contributed by atoms with Crippen LogP contribution in [-0.4, -0.2) is 19.5 Å². The highest BCUT2D eigenvalue weighted by molar-refractivity contribution is 8.13. The number of benzene rings is 1. The van der Waals surface area contributed by atoms with Crippen molar-refractivity contribution in [1.29, 1.82) is 0 Å². The highest BCUT2D eigenvalue weighted by Crippen LogP contribution is 2.34. The summed E-state index contributed by atoms with van der Waals surface area (Å²) in [7, 11) is 0.521. The van der Waals surface area contributed by atoms with Crippen LogP contribution in [0.4, 0.5) is 13.2 Å². The van der Waals surface area contributed by atoms with Crippen molar-refractivity contribution in [2.75, 3.05) is 0 Å². The first-order chi connectivity index (χ1) is 7.53. The van der Waals surface area contributed by atoms with E-state index in [0.29, 0.717) is 12.1 Å². The summed E-state index contributed by atoms with van der Waals surface area (Å²) >= 11 is 0. The van der Waals surface area contributed by atoms with Crippen molar-refractivity contribution in [2.24, 2.45) is 0 Å². The van der Waals surface area contributed by atoms with Crippen LogP contribution in [-0.2, 0) is 15.2 Å². The maximum Gasteiger partial charge on any atom is 0.417 e. The summed E-state index contributed by atoms with van der Waals surface area (Å²) in [6.07, 6.45) is -4.98. The standard InChI is InChI=1S/C8H4ClF3O4S/c9-17(15,16)4-1-2-5(7(13)14)6(3-4)8(10,11)12/h1-3H,(H,13,14). The molecule has 0 saturated heterocycles. The molecule has 0 aliphatic rings. The van der Waals surface area contributed by atoms with E-state index in [4.69, 9.17) is 15.8 Å². The molecule has 0 heterocycles. The van der Waals surface area contributed by atoms with Crippen LogP contribution in [0, 0.1) is 0 Å². The van der Waals surface area contributed by atoms with E-state index in [-0.39, 0.29) is 6.07 Å². The van der Waals surface area contributed by atoms with Gasteiger partial charge in [-0.3, -0.25) is 0 Å². The average molecular weight is 289 g/mol. The molecule has 0 aliphatic heterocycles. The number of carboxylic acid groups (broad SMARTS) is 1. The minimum absolute atomic E-state index is 0.186. The molecule has 0 saturated carbocycles. The van der Waals surface area contributed by atoms with Crippen LogP contribution < -0.4 is 0 Å². The third kappa shape index (κ3) is 3.10. The molecule has 0 fully saturated rings. The first-order valence-corrected chi connectivity index (χ1v) is 6.23. The van der Waals surface area contributed by atoms with Gasteiger partial charge in [0.25, 0.3) is 9.05 Å². The highest BCUT2D eigenvalue weighted by Gasteiger charge is 2.36. The molecule has 0 atom stereocenters. The lowest BCUT2D eigenvalue weighted by molar-refractivity contribution is -0.138. The Morgan fingerprint density at radius 3 is 2.18 bits per heavy atom. The molecular weight excluding hydrogens is 285 g/mol. The van der Waals surface area contributed by atoms with Gasteiger partial charge in [-0.2, -0.15) is 13.2 Å². The van der Waals surface area contributed by atoms with Crippen LogP contribution in [0.2, 0.25) is 0 Å². The second kappa shape index (κ2) is 4.19. The van der Waals surface area contributed by atoms with Crippen molar-refractivity contribution in [3.8, 4) is 0 Å². The fourth-order valence-corrected chi connectivity index (χ4v) is 1.87. The fourth-order valence-electron chi connectivity index (χ4n) is 1.10. The fraction of sp³-hybridized carbons (Fsp3) is 0.125. The van der Waals surface area contributed by atoms with Gasteiger partial charge in [0.1, 0.15) is 0 Å². The van der Waals surface area contributed by atoms with E-state index < -0.39 is 37.2 Å². The summed E-state index contributed by atoms with van der Waals surface area (Å²) in [5, 5.41) is 8.54. The number of aromatic carboxylic acids is 1. The van der Waals surface area contributed by atoms with E-state index in [0.717, 1.165) is 0 Å². The Morgan fingerprint density at radius 2 is 1.82 bits per heavy atom. The Bertz CT molecular complexity index is 565. The second-order valence-electron chi connectivity index (χ2n) is 2.95. The van der Waals surface area contributed by atoms with Gasteiger partial charge in [-0.15, -0.1) is 0 Å². The molecule has 1 N–H and O–H groups in total. The minimum atomic E-state index is -4.98. The van der Waals surface area contributed by atoms with Gasteiger partial charge in [-0.1, -0.05) is 0 Å². The van der Waals surface area contributed by atoms with E-state index in [1.165, 1.54) is 0 Å². The summed E-state index contributed by atoms with van der Waals surface area (Å²) < 4.78 is 59.1. The van der Waals surface area contributed by atoms with Gasteiger partial charge in [-0.05, 0) is 18.2 Å². The lowest BCUT2D eigenvalue weighted by Gasteiger charge is -2.10. The maximum absolute atomic E-state index is 12.5. The van der Waals surface area contributed by atoms with Crippen LogP contribution in [0.5, 0.6) is 0 Å². The number of carbonyl (C=O) groups is 1. The first kappa shape index (κ1) is 13.8. The molecule has 4 nitrogen and oxygen atoms in total. The molecule has 0 unspecified atom stereocenters. The summed E-state index contributed by atoms with van der Waals surface area (Å²) in [4.78, 5) is 9.74. The van der Waals surface area contributed by atoms with Gasteiger partial charge in [0, 0.05) is 10.7 Å². The van der Waals surface area contributed by atoms with Gasteiger partial charge < -0.3 is 5.11 Å². The van der Waals surface area contributed by atoms with Gasteiger partial charge in [-0.25, -0.2) is 13.2 Å². The number of hydrogen-bond donors (Lipinski definition) is 1. The molecule has 0 spiro atoms. The van der Waals surface area contributed by atoms with Crippen LogP contribution in [0.25, 0.3) is 0 Å². The average Bonchev–Trinajstić information content (AvgIpc) is 2.14. The van der Waals surface area contributed by atoms with E-state index in [2.05, 4.69) is 0 Å². The predicted octanol–water partition coefficient (Wildman–Crippen LogP) is 2.33. The smallest absolute Gasteiger partial charge is 0.417 e. The van der Waals surface area contributed by atoms with E-state index in [9.17, 15) is 26.4 Å². The topological polar surface area (TPSA) is 71.4 Å². The number of rotatable bonds is 2. The van der Waals surface area contributed by atoms with Gasteiger partial charge in [0.15, 0.2) is 0 Å². The molecule has 0 bridgehead atoms. The zero-order valence-electron chi connectivity index (χ0n) is 7.82. The zero-order valence-corrected chi connectivity index (χ0v) is 9.40. The Kier molecular flexibility index (Phi) is 3.40. The molecule has 0 aromatic heterocycles. The monoisotopic (exact) mass is 288 g/mol. The maximum atomic E-state index is 12.5.